The van der Waals surface area contributed by atoms with Crippen molar-refractivity contribution in [2.24, 2.45) is 0 Å². The number of halogens is 1. The second-order valence-corrected chi connectivity index (χ2v) is 6.70. The predicted molar refractivity (Wildman–Crippen MR) is 101 cm³/mol. The van der Waals surface area contributed by atoms with Crippen LogP contribution in [0.3, 0.4) is 0 Å². The number of hydrogen-bond acceptors (Lipinski definition) is 5. The van der Waals surface area contributed by atoms with E-state index in [9.17, 15) is 9.90 Å². The molecule has 1 aliphatic heterocycles. The van der Waals surface area contributed by atoms with Crippen molar-refractivity contribution in [3.8, 4) is 22.6 Å². The molecule has 1 aliphatic rings. The first kappa shape index (κ1) is 18.5. The molecule has 0 spiro atoms. The molecule has 0 saturated heterocycles. The summed E-state index contributed by atoms with van der Waals surface area (Å²) in [5.74, 6) is 0.301. The molecular formula is C20H22ClNO4. The summed E-state index contributed by atoms with van der Waals surface area (Å²) < 4.78 is 10.7. The topological polar surface area (TPSA) is 59.0 Å². The quantitative estimate of drug-likeness (QED) is 0.822. The molecule has 1 atom stereocenters. The van der Waals surface area contributed by atoms with Crippen molar-refractivity contribution in [3.05, 3.63) is 47.0 Å². The molecule has 0 bridgehead atoms. The van der Waals surface area contributed by atoms with Crippen molar-refractivity contribution in [2.45, 2.75) is 25.9 Å². The van der Waals surface area contributed by atoms with E-state index in [2.05, 4.69) is 0 Å². The Kier molecular flexibility index (Phi) is 5.69. The van der Waals surface area contributed by atoms with Gasteiger partial charge < -0.3 is 14.6 Å². The number of esters is 1. The lowest BCUT2D eigenvalue weighted by molar-refractivity contribution is -0.147. The Bertz CT molecular complexity index is 808. The summed E-state index contributed by atoms with van der Waals surface area (Å²) in [7, 11) is 1.40. The molecular weight excluding hydrogens is 354 g/mol. The SMILES string of the molecule is CC[C@H](C(=O)OC)N1CCOc2c(O)cc(-c3cccc(Cl)c3)cc2C1. The van der Waals surface area contributed by atoms with Crippen molar-refractivity contribution >= 4 is 17.6 Å². The first-order valence-electron chi connectivity index (χ1n) is 8.60. The van der Waals surface area contributed by atoms with Crippen LogP contribution in [-0.4, -0.2) is 42.3 Å². The number of nitrogens with zero attached hydrogens (tertiary/aromatic N) is 1. The molecule has 0 radical (unpaired) electrons. The van der Waals surface area contributed by atoms with E-state index in [1.54, 1.807) is 12.1 Å². The van der Waals surface area contributed by atoms with Crippen LogP contribution in [0.2, 0.25) is 5.02 Å². The van der Waals surface area contributed by atoms with Crippen molar-refractivity contribution < 1.29 is 19.4 Å². The largest absolute Gasteiger partial charge is 0.504 e. The fraction of sp³-hybridized carbons (Fsp3) is 0.350. The van der Waals surface area contributed by atoms with Crippen molar-refractivity contribution in [2.75, 3.05) is 20.3 Å². The van der Waals surface area contributed by atoms with Crippen molar-refractivity contribution in [1.29, 1.82) is 0 Å². The summed E-state index contributed by atoms with van der Waals surface area (Å²) in [5.41, 5.74) is 2.59. The van der Waals surface area contributed by atoms with Crippen LogP contribution in [0.4, 0.5) is 0 Å². The van der Waals surface area contributed by atoms with Gasteiger partial charge >= 0.3 is 5.97 Å². The third-order valence-electron chi connectivity index (χ3n) is 4.60. The van der Waals surface area contributed by atoms with E-state index in [0.717, 1.165) is 16.7 Å². The lowest BCUT2D eigenvalue weighted by Crippen LogP contribution is -2.42. The third-order valence-corrected chi connectivity index (χ3v) is 4.84. The molecule has 6 heteroatoms. The van der Waals surface area contributed by atoms with E-state index in [0.29, 0.717) is 36.9 Å². The molecule has 5 nitrogen and oxygen atoms in total. The Labute approximate surface area is 158 Å². The van der Waals surface area contributed by atoms with Gasteiger partial charge in [0.05, 0.1) is 7.11 Å². The fourth-order valence-corrected chi connectivity index (χ4v) is 3.52. The highest BCUT2D eigenvalue weighted by atomic mass is 35.5. The third kappa shape index (κ3) is 3.79. The van der Waals surface area contributed by atoms with Crippen LogP contribution in [0.5, 0.6) is 11.5 Å². The van der Waals surface area contributed by atoms with Gasteiger partial charge in [0.1, 0.15) is 12.6 Å². The van der Waals surface area contributed by atoms with Crippen LogP contribution in [0, 0.1) is 0 Å². The summed E-state index contributed by atoms with van der Waals surface area (Å²) in [6.07, 6.45) is 0.641. The number of carbonyl (C=O) groups excluding carboxylic acids is 1. The normalized spacial score (nSPS) is 15.5. The number of phenolic OH excluding ortho intramolecular Hbond substituents is 1. The lowest BCUT2D eigenvalue weighted by Gasteiger charge is -2.27. The molecule has 0 aromatic heterocycles. The van der Waals surface area contributed by atoms with Gasteiger partial charge in [0.15, 0.2) is 11.5 Å². The second kappa shape index (κ2) is 7.98. The summed E-state index contributed by atoms with van der Waals surface area (Å²) in [6, 6.07) is 10.8. The minimum Gasteiger partial charge on any atom is -0.504 e. The van der Waals surface area contributed by atoms with Gasteiger partial charge in [-0.05, 0) is 41.8 Å². The van der Waals surface area contributed by atoms with Crippen molar-refractivity contribution in [3.63, 3.8) is 0 Å². The first-order valence-corrected chi connectivity index (χ1v) is 8.97. The van der Waals surface area contributed by atoms with E-state index in [4.69, 9.17) is 21.1 Å². The van der Waals surface area contributed by atoms with E-state index < -0.39 is 0 Å². The number of ether oxygens (including phenoxy) is 2. The lowest BCUT2D eigenvalue weighted by atomic mass is 10.0. The summed E-state index contributed by atoms with van der Waals surface area (Å²) in [5, 5.41) is 11.1. The summed E-state index contributed by atoms with van der Waals surface area (Å²) >= 11 is 6.09. The standard InChI is InChI=1S/C20H22ClNO4/c1-3-17(20(24)25-2)22-7-8-26-19-15(12-22)9-14(11-18(19)23)13-5-4-6-16(21)10-13/h4-6,9-11,17,23H,3,7-8,12H2,1-2H3/t17-/m1/s1. The van der Waals surface area contributed by atoms with Gasteiger partial charge in [0.2, 0.25) is 0 Å². The first-order chi connectivity index (χ1) is 12.5. The molecule has 0 aliphatic carbocycles. The highest BCUT2D eigenvalue weighted by Gasteiger charge is 2.29. The van der Waals surface area contributed by atoms with E-state index in [-0.39, 0.29) is 17.8 Å². The minimum absolute atomic E-state index is 0.0884. The van der Waals surface area contributed by atoms with Gasteiger partial charge in [0.25, 0.3) is 0 Å². The van der Waals surface area contributed by atoms with E-state index in [1.807, 2.05) is 36.1 Å². The highest BCUT2D eigenvalue weighted by molar-refractivity contribution is 6.30. The Morgan fingerprint density at radius 3 is 2.85 bits per heavy atom. The van der Waals surface area contributed by atoms with Crippen LogP contribution < -0.4 is 4.74 Å². The maximum Gasteiger partial charge on any atom is 0.323 e. The number of benzene rings is 2. The zero-order chi connectivity index (χ0) is 18.7. The Morgan fingerprint density at radius 1 is 1.35 bits per heavy atom. The number of phenols is 1. The molecule has 3 rings (SSSR count). The summed E-state index contributed by atoms with van der Waals surface area (Å²) in [6.45, 7) is 3.41. The predicted octanol–water partition coefficient (Wildman–Crippen LogP) is 3.86. The molecule has 0 fully saturated rings. The molecule has 138 valence electrons. The molecule has 1 heterocycles. The van der Waals surface area contributed by atoms with Crippen LogP contribution in [-0.2, 0) is 16.1 Å². The monoisotopic (exact) mass is 375 g/mol. The van der Waals surface area contributed by atoms with Gasteiger partial charge in [-0.3, -0.25) is 9.69 Å². The maximum atomic E-state index is 12.1. The van der Waals surface area contributed by atoms with Gasteiger partial charge in [-0.25, -0.2) is 0 Å². The molecule has 26 heavy (non-hydrogen) atoms. The number of carbonyl (C=O) groups is 1. The van der Waals surface area contributed by atoms with Crippen LogP contribution >= 0.6 is 11.6 Å². The number of rotatable bonds is 4. The zero-order valence-corrected chi connectivity index (χ0v) is 15.6. The van der Waals surface area contributed by atoms with E-state index in [1.165, 1.54) is 7.11 Å². The van der Waals surface area contributed by atoms with Crippen LogP contribution in [0.1, 0.15) is 18.9 Å². The van der Waals surface area contributed by atoms with Gasteiger partial charge in [0, 0.05) is 23.7 Å². The zero-order valence-electron chi connectivity index (χ0n) is 14.9. The van der Waals surface area contributed by atoms with Gasteiger partial charge in [-0.1, -0.05) is 30.7 Å². The average molecular weight is 376 g/mol. The molecule has 0 unspecified atom stereocenters. The minimum atomic E-state index is -0.341. The Balaban J connectivity index is 1.98. The molecule has 2 aromatic rings. The molecule has 0 amide bonds. The fourth-order valence-electron chi connectivity index (χ4n) is 3.33. The molecule has 0 saturated carbocycles. The average Bonchev–Trinajstić information content (AvgIpc) is 2.85. The summed E-state index contributed by atoms with van der Waals surface area (Å²) in [4.78, 5) is 14.1. The maximum absolute atomic E-state index is 12.1. The number of methoxy groups -OCH3 is 1. The van der Waals surface area contributed by atoms with Crippen LogP contribution in [0.25, 0.3) is 11.1 Å². The number of fused-ring (bicyclic) bond motifs is 1. The van der Waals surface area contributed by atoms with E-state index >= 15 is 0 Å². The van der Waals surface area contributed by atoms with Crippen LogP contribution in [0.15, 0.2) is 36.4 Å². The highest BCUT2D eigenvalue weighted by Crippen LogP contribution is 2.38. The number of aromatic hydroxyl groups is 1. The van der Waals surface area contributed by atoms with Crippen molar-refractivity contribution in [1.82, 2.24) is 4.90 Å². The molecule has 2 aromatic carbocycles. The smallest absolute Gasteiger partial charge is 0.323 e. The van der Waals surface area contributed by atoms with Gasteiger partial charge in [-0.2, -0.15) is 0 Å². The number of hydrogen-bond donors (Lipinski definition) is 1. The Morgan fingerprint density at radius 2 is 2.15 bits per heavy atom. The van der Waals surface area contributed by atoms with Gasteiger partial charge in [-0.15, -0.1) is 0 Å². The second-order valence-electron chi connectivity index (χ2n) is 6.26. The molecule has 1 N–H and O–H groups in total. The Hall–Kier alpha value is -2.24.